The van der Waals surface area contributed by atoms with Crippen molar-refractivity contribution in [2.45, 2.75) is 12.5 Å². The highest BCUT2D eigenvalue weighted by Gasteiger charge is 2.36. The maximum absolute atomic E-state index is 12.5. The Balaban J connectivity index is 1.83. The van der Waals surface area contributed by atoms with E-state index in [1.165, 1.54) is 4.90 Å². The molecule has 1 heterocycles. The minimum absolute atomic E-state index is 0.102. The SMILES string of the molecule is O=C1[C@H](Cc2ccccc2O)NC(=S)N1c1ccccc1. The molecular formula is C16H14N2O2S. The summed E-state index contributed by atoms with van der Waals surface area (Å²) >= 11 is 5.26. The van der Waals surface area contributed by atoms with E-state index in [0.717, 1.165) is 11.3 Å². The predicted octanol–water partition coefficient (Wildman–Crippen LogP) is 2.22. The van der Waals surface area contributed by atoms with Crippen LogP contribution in [0.4, 0.5) is 5.69 Å². The number of hydrogen-bond donors (Lipinski definition) is 2. The summed E-state index contributed by atoms with van der Waals surface area (Å²) in [5.41, 5.74) is 1.47. The molecule has 0 saturated carbocycles. The molecular weight excluding hydrogens is 284 g/mol. The van der Waals surface area contributed by atoms with E-state index in [4.69, 9.17) is 12.2 Å². The fraction of sp³-hybridized carbons (Fsp3) is 0.125. The highest BCUT2D eigenvalue weighted by Crippen LogP contribution is 2.23. The number of aromatic hydroxyl groups is 1. The lowest BCUT2D eigenvalue weighted by Gasteiger charge is -2.14. The van der Waals surface area contributed by atoms with E-state index < -0.39 is 6.04 Å². The second kappa shape index (κ2) is 5.54. The van der Waals surface area contributed by atoms with Crippen LogP contribution in [0.3, 0.4) is 0 Å². The summed E-state index contributed by atoms with van der Waals surface area (Å²) in [6.07, 6.45) is 0.398. The lowest BCUT2D eigenvalue weighted by atomic mass is 10.0. The zero-order valence-electron chi connectivity index (χ0n) is 11.2. The number of carbonyl (C=O) groups is 1. The first kappa shape index (κ1) is 13.6. The van der Waals surface area contributed by atoms with Gasteiger partial charge in [-0.15, -0.1) is 0 Å². The predicted molar refractivity (Wildman–Crippen MR) is 85.3 cm³/mol. The lowest BCUT2D eigenvalue weighted by Crippen LogP contribution is -2.32. The Morgan fingerprint density at radius 3 is 2.48 bits per heavy atom. The third kappa shape index (κ3) is 2.60. The monoisotopic (exact) mass is 298 g/mol. The Morgan fingerprint density at radius 1 is 1.10 bits per heavy atom. The van der Waals surface area contributed by atoms with Gasteiger partial charge in [0, 0.05) is 6.42 Å². The molecule has 4 nitrogen and oxygen atoms in total. The van der Waals surface area contributed by atoms with Crippen LogP contribution >= 0.6 is 12.2 Å². The number of nitrogens with one attached hydrogen (secondary N) is 1. The Labute approximate surface area is 128 Å². The second-order valence-corrected chi connectivity index (χ2v) is 5.23. The molecule has 2 aromatic carbocycles. The number of benzene rings is 2. The Morgan fingerprint density at radius 2 is 1.76 bits per heavy atom. The van der Waals surface area contributed by atoms with Crippen LogP contribution in [0.25, 0.3) is 0 Å². The van der Waals surface area contributed by atoms with Crippen LogP contribution in [0, 0.1) is 0 Å². The molecule has 1 saturated heterocycles. The quantitative estimate of drug-likeness (QED) is 0.853. The first-order valence-electron chi connectivity index (χ1n) is 6.63. The van der Waals surface area contributed by atoms with Crippen LogP contribution in [-0.4, -0.2) is 22.2 Å². The number of nitrogens with zero attached hydrogens (tertiary/aromatic N) is 1. The van der Waals surface area contributed by atoms with E-state index in [1.54, 1.807) is 18.2 Å². The summed E-state index contributed by atoms with van der Waals surface area (Å²) in [7, 11) is 0. The molecule has 0 bridgehead atoms. The van der Waals surface area contributed by atoms with E-state index in [9.17, 15) is 9.90 Å². The molecule has 2 N–H and O–H groups in total. The Hall–Kier alpha value is -2.40. The van der Waals surface area contributed by atoms with E-state index in [0.29, 0.717) is 11.5 Å². The standard InChI is InChI=1S/C16H14N2O2S/c19-14-9-5-4-6-11(14)10-13-15(20)18(16(21)17-13)12-7-2-1-3-8-12/h1-9,13,19H,10H2,(H,17,21)/t13-/m0/s1. The maximum atomic E-state index is 12.5. The summed E-state index contributed by atoms with van der Waals surface area (Å²) in [6, 6.07) is 15.9. The largest absolute Gasteiger partial charge is 0.508 e. The van der Waals surface area contributed by atoms with E-state index >= 15 is 0 Å². The number of phenols is 1. The van der Waals surface area contributed by atoms with Crippen molar-refractivity contribution in [1.29, 1.82) is 0 Å². The van der Waals surface area contributed by atoms with Crippen LogP contribution < -0.4 is 10.2 Å². The molecule has 0 radical (unpaired) electrons. The number of hydrogen-bond acceptors (Lipinski definition) is 3. The summed E-state index contributed by atoms with van der Waals surface area (Å²) in [6.45, 7) is 0. The van der Waals surface area contributed by atoms with E-state index in [1.807, 2.05) is 36.4 Å². The lowest BCUT2D eigenvalue weighted by molar-refractivity contribution is -0.118. The van der Waals surface area contributed by atoms with Gasteiger partial charge in [0.2, 0.25) is 0 Å². The number of carbonyl (C=O) groups excluding carboxylic acids is 1. The molecule has 2 aromatic rings. The molecule has 0 unspecified atom stereocenters. The highest BCUT2D eigenvalue weighted by molar-refractivity contribution is 7.80. The number of para-hydroxylation sites is 2. The molecule has 3 rings (SSSR count). The number of rotatable bonds is 3. The van der Waals surface area contributed by atoms with Crippen molar-refractivity contribution in [1.82, 2.24) is 5.32 Å². The fourth-order valence-corrected chi connectivity index (χ4v) is 2.73. The molecule has 1 aliphatic rings. The van der Waals surface area contributed by atoms with Gasteiger partial charge in [-0.05, 0) is 36.0 Å². The van der Waals surface area contributed by atoms with Gasteiger partial charge in [0.25, 0.3) is 5.91 Å². The number of phenolic OH excluding ortho intramolecular Hbond substituents is 1. The van der Waals surface area contributed by atoms with Crippen molar-refractivity contribution in [3.05, 3.63) is 60.2 Å². The molecule has 1 atom stereocenters. The molecule has 5 heteroatoms. The van der Waals surface area contributed by atoms with Crippen molar-refractivity contribution in [2.24, 2.45) is 0 Å². The minimum Gasteiger partial charge on any atom is -0.508 e. The van der Waals surface area contributed by atoms with Gasteiger partial charge in [0.1, 0.15) is 11.8 Å². The van der Waals surface area contributed by atoms with Gasteiger partial charge >= 0.3 is 0 Å². The van der Waals surface area contributed by atoms with Crippen LogP contribution in [-0.2, 0) is 11.2 Å². The molecule has 0 aromatic heterocycles. The molecule has 21 heavy (non-hydrogen) atoms. The molecule has 0 spiro atoms. The Kier molecular flexibility index (Phi) is 3.58. The van der Waals surface area contributed by atoms with Crippen molar-refractivity contribution in [3.63, 3.8) is 0 Å². The molecule has 1 aliphatic heterocycles. The van der Waals surface area contributed by atoms with Crippen molar-refractivity contribution in [2.75, 3.05) is 4.90 Å². The van der Waals surface area contributed by atoms with Gasteiger partial charge in [-0.1, -0.05) is 36.4 Å². The van der Waals surface area contributed by atoms with Gasteiger partial charge < -0.3 is 10.4 Å². The topological polar surface area (TPSA) is 52.6 Å². The van der Waals surface area contributed by atoms with E-state index in [-0.39, 0.29) is 11.7 Å². The van der Waals surface area contributed by atoms with Gasteiger partial charge in [0.15, 0.2) is 5.11 Å². The number of thiocarbonyl (C=S) groups is 1. The van der Waals surface area contributed by atoms with E-state index in [2.05, 4.69) is 5.32 Å². The maximum Gasteiger partial charge on any atom is 0.256 e. The zero-order valence-corrected chi connectivity index (χ0v) is 12.0. The van der Waals surface area contributed by atoms with Crippen LogP contribution in [0.15, 0.2) is 54.6 Å². The summed E-state index contributed by atoms with van der Waals surface area (Å²) < 4.78 is 0. The fourth-order valence-electron chi connectivity index (χ4n) is 2.39. The summed E-state index contributed by atoms with van der Waals surface area (Å²) in [5, 5.41) is 13.2. The second-order valence-electron chi connectivity index (χ2n) is 4.84. The third-order valence-electron chi connectivity index (χ3n) is 3.45. The average Bonchev–Trinajstić information content (AvgIpc) is 2.77. The van der Waals surface area contributed by atoms with Crippen LogP contribution in [0.1, 0.15) is 5.56 Å². The normalized spacial score (nSPS) is 17.9. The van der Waals surface area contributed by atoms with Gasteiger partial charge in [-0.25, -0.2) is 0 Å². The smallest absolute Gasteiger partial charge is 0.256 e. The van der Waals surface area contributed by atoms with Gasteiger partial charge in [-0.2, -0.15) is 0 Å². The summed E-state index contributed by atoms with van der Waals surface area (Å²) in [5.74, 6) is 0.0885. The van der Waals surface area contributed by atoms with Crippen molar-refractivity contribution in [3.8, 4) is 5.75 Å². The summed E-state index contributed by atoms with van der Waals surface area (Å²) in [4.78, 5) is 14.0. The van der Waals surface area contributed by atoms with Crippen LogP contribution in [0.5, 0.6) is 5.75 Å². The highest BCUT2D eigenvalue weighted by atomic mass is 32.1. The van der Waals surface area contributed by atoms with Crippen LogP contribution in [0.2, 0.25) is 0 Å². The average molecular weight is 298 g/mol. The Bertz CT molecular complexity index is 688. The minimum atomic E-state index is -0.453. The molecule has 1 amide bonds. The van der Waals surface area contributed by atoms with Crippen molar-refractivity contribution < 1.29 is 9.90 Å². The molecule has 0 aliphatic carbocycles. The first-order chi connectivity index (χ1) is 10.2. The number of anilines is 1. The number of amides is 1. The first-order valence-corrected chi connectivity index (χ1v) is 7.04. The molecule has 106 valence electrons. The zero-order chi connectivity index (χ0) is 14.8. The molecule has 1 fully saturated rings. The van der Waals surface area contributed by atoms with Gasteiger partial charge in [0.05, 0.1) is 5.69 Å². The van der Waals surface area contributed by atoms with Crippen molar-refractivity contribution >= 4 is 28.9 Å². The van der Waals surface area contributed by atoms with Gasteiger partial charge in [-0.3, -0.25) is 9.69 Å². The third-order valence-corrected chi connectivity index (χ3v) is 3.75.